The van der Waals surface area contributed by atoms with Crippen molar-refractivity contribution in [2.45, 2.75) is 57.8 Å². The Hall–Kier alpha value is -3.09. The summed E-state index contributed by atoms with van der Waals surface area (Å²) in [6.45, 7) is 3.36. The molecule has 1 aliphatic heterocycles. The quantitative estimate of drug-likeness (QED) is 0.603. The lowest BCUT2D eigenvalue weighted by atomic mass is 9.87. The third-order valence-electron chi connectivity index (χ3n) is 6.76. The predicted octanol–water partition coefficient (Wildman–Crippen LogP) is 5.27. The summed E-state index contributed by atoms with van der Waals surface area (Å²) >= 11 is 0. The predicted molar refractivity (Wildman–Crippen MR) is 121 cm³/mol. The average Bonchev–Trinajstić information content (AvgIpc) is 3.45. The molecule has 2 amide bonds. The maximum Gasteiger partial charge on any atom is 0.294 e. The molecule has 1 saturated heterocycles. The van der Waals surface area contributed by atoms with Crippen LogP contribution >= 0.6 is 0 Å². The summed E-state index contributed by atoms with van der Waals surface area (Å²) in [5, 5.41) is 7.97. The van der Waals surface area contributed by atoms with Crippen LogP contribution in [-0.4, -0.2) is 35.0 Å². The average molecular weight is 436 g/mol. The number of anilines is 1. The van der Waals surface area contributed by atoms with Gasteiger partial charge in [-0.25, -0.2) is 0 Å². The maximum absolute atomic E-state index is 13.0. The molecule has 7 nitrogen and oxygen atoms in total. The number of piperidine rings is 1. The minimum Gasteiger partial charge on any atom is -0.461 e. The lowest BCUT2D eigenvalue weighted by Crippen LogP contribution is -2.42. The fraction of sp³-hybridized carbons (Fsp3) is 0.480. The number of rotatable bonds is 4. The summed E-state index contributed by atoms with van der Waals surface area (Å²) < 4.78 is 10.9. The van der Waals surface area contributed by atoms with E-state index in [1.54, 1.807) is 12.1 Å². The third kappa shape index (κ3) is 4.29. The molecule has 0 unspecified atom stereocenters. The number of aryl methyl sites for hydroxylation is 1. The first kappa shape index (κ1) is 20.8. The SMILES string of the molecule is Cc1cc2cc(NC(=O)c3cc([C@H]4CCCN(C(=O)C5CCCCC5)C4)no3)ccc2o1. The second kappa shape index (κ2) is 8.81. The Balaban J connectivity index is 1.24. The number of carbonyl (C=O) groups excluding carboxylic acids is 2. The van der Waals surface area contributed by atoms with Crippen LogP contribution < -0.4 is 5.32 Å². The van der Waals surface area contributed by atoms with Crippen molar-refractivity contribution in [3.8, 4) is 0 Å². The van der Waals surface area contributed by atoms with E-state index >= 15 is 0 Å². The van der Waals surface area contributed by atoms with Gasteiger partial charge in [0.15, 0.2) is 0 Å². The number of amides is 2. The molecule has 5 rings (SSSR count). The minimum absolute atomic E-state index is 0.104. The number of furan rings is 1. The van der Waals surface area contributed by atoms with Crippen LogP contribution in [0.3, 0.4) is 0 Å². The topological polar surface area (TPSA) is 88.6 Å². The van der Waals surface area contributed by atoms with Crippen LogP contribution in [0.1, 0.15) is 72.9 Å². The molecule has 2 aliphatic rings. The molecule has 2 fully saturated rings. The molecule has 2 aromatic heterocycles. The van der Waals surface area contributed by atoms with Crippen LogP contribution in [0.2, 0.25) is 0 Å². The van der Waals surface area contributed by atoms with Gasteiger partial charge in [0.05, 0.1) is 5.69 Å². The molecule has 0 spiro atoms. The molecule has 1 aromatic carbocycles. The number of nitrogens with zero attached hydrogens (tertiary/aromatic N) is 2. The normalized spacial score (nSPS) is 19.9. The van der Waals surface area contributed by atoms with Crippen molar-refractivity contribution in [2.24, 2.45) is 5.92 Å². The molecule has 3 heterocycles. The number of hydrogen-bond acceptors (Lipinski definition) is 5. The molecule has 32 heavy (non-hydrogen) atoms. The van der Waals surface area contributed by atoms with Crippen LogP contribution in [0, 0.1) is 12.8 Å². The van der Waals surface area contributed by atoms with E-state index in [1.807, 2.05) is 30.0 Å². The second-order valence-corrected chi connectivity index (χ2v) is 9.14. The Morgan fingerprint density at radius 1 is 1.06 bits per heavy atom. The van der Waals surface area contributed by atoms with E-state index < -0.39 is 0 Å². The third-order valence-corrected chi connectivity index (χ3v) is 6.76. The van der Waals surface area contributed by atoms with Gasteiger partial charge in [0.2, 0.25) is 11.7 Å². The Morgan fingerprint density at radius 2 is 1.91 bits per heavy atom. The highest BCUT2D eigenvalue weighted by molar-refractivity contribution is 6.03. The fourth-order valence-electron chi connectivity index (χ4n) is 5.06. The van der Waals surface area contributed by atoms with Gasteiger partial charge in [-0.05, 0) is 56.9 Å². The number of nitrogens with one attached hydrogen (secondary N) is 1. The van der Waals surface area contributed by atoms with Gasteiger partial charge in [-0.3, -0.25) is 9.59 Å². The standard InChI is InChI=1S/C25H29N3O4/c1-16-12-19-13-20(9-10-22(19)31-16)26-24(29)23-14-21(27-32-23)18-8-5-11-28(15-18)25(30)17-6-3-2-4-7-17/h9-10,12-14,17-18H,2-8,11,15H2,1H3,(H,26,29)/t18-/m0/s1. The van der Waals surface area contributed by atoms with Crippen LogP contribution in [0.15, 0.2) is 39.3 Å². The van der Waals surface area contributed by atoms with Gasteiger partial charge < -0.3 is 19.2 Å². The summed E-state index contributed by atoms with van der Waals surface area (Å²) in [6.07, 6.45) is 7.47. The molecule has 3 aromatic rings. The highest BCUT2D eigenvalue weighted by Gasteiger charge is 2.31. The Bertz CT molecular complexity index is 1130. The van der Waals surface area contributed by atoms with Gasteiger partial charge in [-0.2, -0.15) is 0 Å². The first-order chi connectivity index (χ1) is 15.6. The number of hydrogen-bond donors (Lipinski definition) is 1. The summed E-state index contributed by atoms with van der Waals surface area (Å²) in [6, 6.07) is 9.16. The van der Waals surface area contributed by atoms with Gasteiger partial charge in [0.25, 0.3) is 5.91 Å². The van der Waals surface area contributed by atoms with E-state index in [-0.39, 0.29) is 23.5 Å². The van der Waals surface area contributed by atoms with Crippen molar-refractivity contribution in [3.05, 3.63) is 47.5 Å². The van der Waals surface area contributed by atoms with Crippen molar-refractivity contribution in [1.29, 1.82) is 0 Å². The van der Waals surface area contributed by atoms with Crippen molar-refractivity contribution < 1.29 is 18.5 Å². The van der Waals surface area contributed by atoms with Crippen molar-refractivity contribution in [1.82, 2.24) is 10.1 Å². The van der Waals surface area contributed by atoms with Gasteiger partial charge in [-0.15, -0.1) is 0 Å². The molecule has 1 N–H and O–H groups in total. The molecule has 0 bridgehead atoms. The molecular formula is C25H29N3O4. The van der Waals surface area contributed by atoms with E-state index in [1.165, 1.54) is 6.42 Å². The number of aromatic nitrogens is 1. The smallest absolute Gasteiger partial charge is 0.294 e. The summed E-state index contributed by atoms with van der Waals surface area (Å²) in [4.78, 5) is 27.7. The molecule has 1 atom stereocenters. The van der Waals surface area contributed by atoms with E-state index in [9.17, 15) is 9.59 Å². The van der Waals surface area contributed by atoms with Gasteiger partial charge in [0, 0.05) is 42.1 Å². The summed E-state index contributed by atoms with van der Waals surface area (Å²) in [5.41, 5.74) is 2.20. The van der Waals surface area contributed by atoms with E-state index in [0.29, 0.717) is 18.1 Å². The van der Waals surface area contributed by atoms with Crippen molar-refractivity contribution >= 4 is 28.5 Å². The zero-order valence-electron chi connectivity index (χ0n) is 18.4. The summed E-state index contributed by atoms with van der Waals surface area (Å²) in [5.74, 6) is 1.24. The molecule has 168 valence electrons. The van der Waals surface area contributed by atoms with Gasteiger partial charge in [-0.1, -0.05) is 24.4 Å². The van der Waals surface area contributed by atoms with Crippen LogP contribution in [0.4, 0.5) is 5.69 Å². The molecule has 0 radical (unpaired) electrons. The van der Waals surface area contributed by atoms with Gasteiger partial charge >= 0.3 is 0 Å². The van der Waals surface area contributed by atoms with Crippen LogP contribution in [0.25, 0.3) is 11.0 Å². The minimum atomic E-state index is -0.339. The van der Waals surface area contributed by atoms with Gasteiger partial charge in [0.1, 0.15) is 11.3 Å². The maximum atomic E-state index is 13.0. The lowest BCUT2D eigenvalue weighted by molar-refractivity contribution is -0.137. The number of fused-ring (bicyclic) bond motifs is 1. The molecular weight excluding hydrogens is 406 g/mol. The van der Waals surface area contributed by atoms with Crippen LogP contribution in [0.5, 0.6) is 0 Å². The largest absolute Gasteiger partial charge is 0.461 e. The first-order valence-corrected chi connectivity index (χ1v) is 11.6. The van der Waals surface area contributed by atoms with E-state index in [4.69, 9.17) is 8.94 Å². The van der Waals surface area contributed by atoms with Crippen molar-refractivity contribution in [2.75, 3.05) is 18.4 Å². The second-order valence-electron chi connectivity index (χ2n) is 9.14. The van der Waals surface area contributed by atoms with Crippen molar-refractivity contribution in [3.63, 3.8) is 0 Å². The number of benzene rings is 1. The first-order valence-electron chi connectivity index (χ1n) is 11.6. The lowest BCUT2D eigenvalue weighted by Gasteiger charge is -2.35. The summed E-state index contributed by atoms with van der Waals surface area (Å²) in [7, 11) is 0. The number of likely N-dealkylation sites (tertiary alicyclic amines) is 1. The molecule has 1 aliphatic carbocycles. The highest BCUT2D eigenvalue weighted by Crippen LogP contribution is 2.31. The Kier molecular flexibility index (Phi) is 5.72. The van der Waals surface area contributed by atoms with E-state index in [0.717, 1.165) is 67.5 Å². The number of carbonyl (C=O) groups is 2. The molecule has 7 heteroatoms. The zero-order chi connectivity index (χ0) is 22.1. The van der Waals surface area contributed by atoms with Crippen LogP contribution in [-0.2, 0) is 4.79 Å². The Labute approximate surface area is 187 Å². The van der Waals surface area contributed by atoms with E-state index in [2.05, 4.69) is 10.5 Å². The molecule has 1 saturated carbocycles. The monoisotopic (exact) mass is 435 g/mol. The Morgan fingerprint density at radius 3 is 2.75 bits per heavy atom. The highest BCUT2D eigenvalue weighted by atomic mass is 16.5. The fourth-order valence-corrected chi connectivity index (χ4v) is 5.06. The zero-order valence-corrected chi connectivity index (χ0v) is 18.4.